The lowest BCUT2D eigenvalue weighted by atomic mass is 10.00. The summed E-state index contributed by atoms with van der Waals surface area (Å²) in [6, 6.07) is 22.4. The molecule has 2 aromatic carbocycles. The molecule has 0 unspecified atom stereocenters. The van der Waals surface area contributed by atoms with Crippen LogP contribution in [0, 0.1) is 11.3 Å². The second kappa shape index (κ2) is 7.11. The first-order valence-electron chi connectivity index (χ1n) is 6.76. The summed E-state index contributed by atoms with van der Waals surface area (Å²) in [5, 5.41) is 9.32. The van der Waals surface area contributed by atoms with Crippen molar-refractivity contribution in [1.29, 1.82) is 5.26 Å². The van der Waals surface area contributed by atoms with E-state index in [4.69, 9.17) is 0 Å². The predicted molar refractivity (Wildman–Crippen MR) is 84.7 cm³/mol. The van der Waals surface area contributed by atoms with Crippen LogP contribution in [0.15, 0.2) is 72.3 Å². The summed E-state index contributed by atoms with van der Waals surface area (Å²) in [5.41, 5.74) is 4.07. The fourth-order valence-corrected chi connectivity index (χ4v) is 2.06. The molecule has 1 heteroatoms. The SMILES string of the molecule is CCC(=CC(C#N)=Cc1ccccc1)c1ccccc1. The molecule has 0 saturated heterocycles. The van der Waals surface area contributed by atoms with Gasteiger partial charge in [-0.3, -0.25) is 0 Å². The van der Waals surface area contributed by atoms with Gasteiger partial charge in [-0.2, -0.15) is 5.26 Å². The third-order valence-electron chi connectivity index (χ3n) is 3.11. The van der Waals surface area contributed by atoms with E-state index in [2.05, 4.69) is 25.1 Å². The van der Waals surface area contributed by atoms with Gasteiger partial charge in [-0.05, 0) is 35.3 Å². The van der Waals surface area contributed by atoms with Crippen LogP contribution in [0.5, 0.6) is 0 Å². The lowest BCUT2D eigenvalue weighted by Gasteiger charge is -2.04. The van der Waals surface area contributed by atoms with E-state index in [-0.39, 0.29) is 0 Å². The third-order valence-corrected chi connectivity index (χ3v) is 3.11. The molecule has 0 amide bonds. The fraction of sp³-hybridized carbons (Fsp3) is 0.105. The molecular weight excluding hydrogens is 242 g/mol. The van der Waals surface area contributed by atoms with Gasteiger partial charge < -0.3 is 0 Å². The average Bonchev–Trinajstić information content (AvgIpc) is 2.53. The van der Waals surface area contributed by atoms with E-state index >= 15 is 0 Å². The maximum atomic E-state index is 9.32. The van der Waals surface area contributed by atoms with Crippen LogP contribution in [0.25, 0.3) is 11.6 Å². The summed E-state index contributed by atoms with van der Waals surface area (Å²) in [6.07, 6.45) is 4.79. The summed E-state index contributed by atoms with van der Waals surface area (Å²) >= 11 is 0. The van der Waals surface area contributed by atoms with Crippen LogP contribution in [-0.2, 0) is 0 Å². The Labute approximate surface area is 120 Å². The van der Waals surface area contributed by atoms with Crippen LogP contribution >= 0.6 is 0 Å². The van der Waals surface area contributed by atoms with Crippen LogP contribution in [0.1, 0.15) is 24.5 Å². The van der Waals surface area contributed by atoms with Gasteiger partial charge in [0.05, 0.1) is 11.6 Å². The largest absolute Gasteiger partial charge is 0.192 e. The molecule has 2 rings (SSSR count). The van der Waals surface area contributed by atoms with Crippen molar-refractivity contribution in [2.24, 2.45) is 0 Å². The van der Waals surface area contributed by atoms with Crippen molar-refractivity contribution in [3.8, 4) is 6.07 Å². The van der Waals surface area contributed by atoms with Crippen LogP contribution in [-0.4, -0.2) is 0 Å². The zero-order chi connectivity index (χ0) is 14.2. The van der Waals surface area contributed by atoms with Crippen LogP contribution in [0.4, 0.5) is 0 Å². The number of benzene rings is 2. The molecule has 0 aliphatic rings. The van der Waals surface area contributed by atoms with Gasteiger partial charge in [0.15, 0.2) is 0 Å². The van der Waals surface area contributed by atoms with E-state index in [0.29, 0.717) is 5.57 Å². The summed E-state index contributed by atoms with van der Waals surface area (Å²) in [7, 11) is 0. The minimum absolute atomic E-state index is 0.678. The van der Waals surface area contributed by atoms with Crippen molar-refractivity contribution in [1.82, 2.24) is 0 Å². The molecule has 0 atom stereocenters. The van der Waals surface area contributed by atoms with Crippen molar-refractivity contribution < 1.29 is 0 Å². The highest BCUT2D eigenvalue weighted by Crippen LogP contribution is 2.20. The van der Waals surface area contributed by atoms with Crippen molar-refractivity contribution in [3.63, 3.8) is 0 Å². The number of allylic oxidation sites excluding steroid dienone is 3. The molecule has 2 aromatic rings. The molecule has 0 N–H and O–H groups in total. The van der Waals surface area contributed by atoms with Crippen LogP contribution < -0.4 is 0 Å². The Bertz CT molecular complexity index is 643. The molecule has 0 spiro atoms. The Balaban J connectivity index is 2.35. The highest BCUT2D eigenvalue weighted by molar-refractivity contribution is 5.73. The lowest BCUT2D eigenvalue weighted by molar-refractivity contribution is 1.24. The first-order chi connectivity index (χ1) is 9.83. The Morgan fingerprint density at radius 1 is 1.00 bits per heavy atom. The smallest absolute Gasteiger partial charge is 0.0991 e. The molecule has 0 aromatic heterocycles. The zero-order valence-electron chi connectivity index (χ0n) is 11.6. The van der Waals surface area contributed by atoms with Crippen LogP contribution in [0.3, 0.4) is 0 Å². The Morgan fingerprint density at radius 2 is 1.60 bits per heavy atom. The normalized spacial score (nSPS) is 12.0. The quantitative estimate of drug-likeness (QED) is 0.554. The first kappa shape index (κ1) is 13.8. The summed E-state index contributed by atoms with van der Waals surface area (Å²) in [4.78, 5) is 0. The maximum Gasteiger partial charge on any atom is 0.0991 e. The molecule has 0 aliphatic heterocycles. The number of nitrogens with zero attached hydrogens (tertiary/aromatic N) is 1. The number of nitriles is 1. The van der Waals surface area contributed by atoms with E-state index in [1.54, 1.807) is 0 Å². The van der Waals surface area contributed by atoms with E-state index in [9.17, 15) is 5.26 Å². The molecule has 0 bridgehead atoms. The summed E-state index contributed by atoms with van der Waals surface area (Å²) in [5.74, 6) is 0. The molecule has 0 aliphatic carbocycles. The second-order valence-corrected chi connectivity index (χ2v) is 4.51. The van der Waals surface area contributed by atoms with E-state index in [1.165, 1.54) is 11.1 Å². The van der Waals surface area contributed by atoms with Crippen molar-refractivity contribution >= 4 is 11.6 Å². The minimum atomic E-state index is 0.678. The number of hydrogen-bond acceptors (Lipinski definition) is 1. The summed E-state index contributed by atoms with van der Waals surface area (Å²) in [6.45, 7) is 2.11. The first-order valence-corrected chi connectivity index (χ1v) is 6.76. The monoisotopic (exact) mass is 259 g/mol. The standard InChI is InChI=1S/C19H17N/c1-2-18(19-11-7-4-8-12-19)14-17(15-20)13-16-9-5-3-6-10-16/h3-14H,2H2,1H3. The van der Waals surface area contributed by atoms with Gasteiger partial charge >= 0.3 is 0 Å². The average molecular weight is 259 g/mol. The molecule has 0 heterocycles. The van der Waals surface area contributed by atoms with Crippen molar-refractivity contribution in [2.45, 2.75) is 13.3 Å². The topological polar surface area (TPSA) is 23.8 Å². The molecular formula is C19H17N. The molecule has 0 saturated carbocycles. The van der Waals surface area contributed by atoms with Gasteiger partial charge in [-0.15, -0.1) is 0 Å². The Hall–Kier alpha value is -2.59. The van der Waals surface area contributed by atoms with Gasteiger partial charge in [0.1, 0.15) is 0 Å². The van der Waals surface area contributed by atoms with Gasteiger partial charge in [0.25, 0.3) is 0 Å². The molecule has 0 fully saturated rings. The molecule has 20 heavy (non-hydrogen) atoms. The molecule has 98 valence electrons. The van der Waals surface area contributed by atoms with Crippen molar-refractivity contribution in [3.05, 3.63) is 83.4 Å². The van der Waals surface area contributed by atoms with Gasteiger partial charge in [0.2, 0.25) is 0 Å². The highest BCUT2D eigenvalue weighted by Gasteiger charge is 2.00. The second-order valence-electron chi connectivity index (χ2n) is 4.51. The lowest BCUT2D eigenvalue weighted by Crippen LogP contribution is -1.84. The van der Waals surface area contributed by atoms with Gasteiger partial charge in [-0.25, -0.2) is 0 Å². The number of rotatable bonds is 4. The van der Waals surface area contributed by atoms with Crippen LogP contribution in [0.2, 0.25) is 0 Å². The van der Waals surface area contributed by atoms with Gasteiger partial charge in [-0.1, -0.05) is 67.6 Å². The maximum absolute atomic E-state index is 9.32. The molecule has 0 radical (unpaired) electrons. The summed E-state index contributed by atoms with van der Waals surface area (Å²) < 4.78 is 0. The number of hydrogen-bond donors (Lipinski definition) is 0. The zero-order valence-corrected chi connectivity index (χ0v) is 11.6. The fourth-order valence-electron chi connectivity index (χ4n) is 2.06. The van der Waals surface area contributed by atoms with E-state index in [1.807, 2.05) is 60.7 Å². The predicted octanol–water partition coefficient (Wildman–Crippen LogP) is 5.09. The van der Waals surface area contributed by atoms with E-state index in [0.717, 1.165) is 12.0 Å². The Kier molecular flexibility index (Phi) is 4.92. The highest BCUT2D eigenvalue weighted by atomic mass is 14.2. The van der Waals surface area contributed by atoms with Crippen molar-refractivity contribution in [2.75, 3.05) is 0 Å². The van der Waals surface area contributed by atoms with Gasteiger partial charge in [0, 0.05) is 0 Å². The third kappa shape index (κ3) is 3.70. The molecule has 1 nitrogen and oxygen atoms in total. The Morgan fingerprint density at radius 3 is 2.15 bits per heavy atom. The minimum Gasteiger partial charge on any atom is -0.192 e. The van der Waals surface area contributed by atoms with E-state index < -0.39 is 0 Å².